The molecular formula is C18H23NO4. The van der Waals surface area contributed by atoms with Crippen molar-refractivity contribution in [3.63, 3.8) is 0 Å². The summed E-state index contributed by atoms with van der Waals surface area (Å²) in [6, 6.07) is 8.56. The summed E-state index contributed by atoms with van der Waals surface area (Å²) in [4.78, 5) is 24.2. The second kappa shape index (κ2) is 7.42. The molecule has 0 radical (unpaired) electrons. The number of aliphatic hydroxyl groups is 1. The molecule has 0 atom stereocenters. The van der Waals surface area contributed by atoms with Crippen LogP contribution in [-0.2, 0) is 0 Å². The Morgan fingerprint density at radius 3 is 2.52 bits per heavy atom. The molecule has 0 saturated heterocycles. The fraction of sp³-hybridized carbons (Fsp3) is 0.444. The molecule has 5 heteroatoms. The van der Waals surface area contributed by atoms with Crippen LogP contribution in [0, 0.1) is 0 Å². The quantitative estimate of drug-likeness (QED) is 0.770. The first-order valence-corrected chi connectivity index (χ1v) is 8.02. The van der Waals surface area contributed by atoms with E-state index in [0.29, 0.717) is 23.8 Å². The summed E-state index contributed by atoms with van der Waals surface area (Å²) in [5, 5.41) is 13.9. The Hall–Kier alpha value is -2.14. The maximum Gasteiger partial charge on any atom is 0.349 e. The van der Waals surface area contributed by atoms with Gasteiger partial charge in [0.15, 0.2) is 0 Å². The molecule has 0 aliphatic heterocycles. The number of hydrogen-bond donors (Lipinski definition) is 2. The molecule has 0 aliphatic rings. The Morgan fingerprint density at radius 1 is 1.22 bits per heavy atom. The average molecular weight is 317 g/mol. The summed E-state index contributed by atoms with van der Waals surface area (Å²) in [6.07, 6.45) is 2.86. The third-order valence-electron chi connectivity index (χ3n) is 3.89. The Kier molecular flexibility index (Phi) is 5.55. The van der Waals surface area contributed by atoms with E-state index in [1.54, 1.807) is 18.2 Å². The van der Waals surface area contributed by atoms with Gasteiger partial charge in [0, 0.05) is 11.9 Å². The Bertz CT molecular complexity index is 729. The van der Waals surface area contributed by atoms with E-state index in [0.717, 1.165) is 12.8 Å². The average Bonchev–Trinajstić information content (AvgIpc) is 2.52. The zero-order valence-electron chi connectivity index (χ0n) is 13.6. The number of fused-ring (bicyclic) bond motifs is 1. The molecule has 124 valence electrons. The van der Waals surface area contributed by atoms with Gasteiger partial charge >= 0.3 is 5.63 Å². The SMILES string of the molecule is CCCC(O)(CCC)CNC(=O)c1cc2ccccc2oc1=O. The number of carbonyl (C=O) groups is 1. The first-order valence-electron chi connectivity index (χ1n) is 8.02. The standard InChI is InChI=1S/C18H23NO4/c1-3-9-18(22,10-4-2)12-19-16(20)14-11-13-7-5-6-8-15(13)23-17(14)21/h5-8,11,22H,3-4,9-10,12H2,1-2H3,(H,19,20). The minimum atomic E-state index is -0.934. The van der Waals surface area contributed by atoms with Gasteiger partial charge in [-0.05, 0) is 25.0 Å². The molecule has 1 amide bonds. The summed E-state index contributed by atoms with van der Waals surface area (Å²) < 4.78 is 5.16. The lowest BCUT2D eigenvalue weighted by molar-refractivity contribution is 0.0212. The summed E-state index contributed by atoms with van der Waals surface area (Å²) in [5.41, 5.74) is -1.20. The van der Waals surface area contributed by atoms with Crippen LogP contribution in [-0.4, -0.2) is 23.2 Å². The first-order chi connectivity index (χ1) is 11.0. The monoisotopic (exact) mass is 317 g/mol. The van der Waals surface area contributed by atoms with Crippen molar-refractivity contribution >= 4 is 16.9 Å². The second-order valence-electron chi connectivity index (χ2n) is 5.89. The smallest absolute Gasteiger partial charge is 0.349 e. The van der Waals surface area contributed by atoms with Crippen LogP contribution < -0.4 is 10.9 Å². The van der Waals surface area contributed by atoms with Gasteiger partial charge in [-0.1, -0.05) is 44.9 Å². The van der Waals surface area contributed by atoms with E-state index >= 15 is 0 Å². The fourth-order valence-electron chi connectivity index (χ4n) is 2.79. The Labute approximate surface area is 135 Å². The highest BCUT2D eigenvalue weighted by Crippen LogP contribution is 2.19. The zero-order valence-corrected chi connectivity index (χ0v) is 13.6. The molecule has 0 saturated carbocycles. The number of benzene rings is 1. The number of hydrogen-bond acceptors (Lipinski definition) is 4. The van der Waals surface area contributed by atoms with E-state index < -0.39 is 17.1 Å². The van der Waals surface area contributed by atoms with Gasteiger partial charge in [0.25, 0.3) is 5.91 Å². The summed E-state index contributed by atoms with van der Waals surface area (Å²) in [5.74, 6) is -0.518. The van der Waals surface area contributed by atoms with Crippen molar-refractivity contribution in [2.45, 2.75) is 45.1 Å². The van der Waals surface area contributed by atoms with Crippen molar-refractivity contribution < 1.29 is 14.3 Å². The maximum atomic E-state index is 12.3. The van der Waals surface area contributed by atoms with Gasteiger partial charge in [0.2, 0.25) is 0 Å². The molecule has 0 spiro atoms. The molecule has 0 unspecified atom stereocenters. The largest absolute Gasteiger partial charge is 0.422 e. The summed E-state index contributed by atoms with van der Waals surface area (Å²) in [6.45, 7) is 4.10. The minimum Gasteiger partial charge on any atom is -0.422 e. The van der Waals surface area contributed by atoms with Gasteiger partial charge in [-0.15, -0.1) is 0 Å². The van der Waals surface area contributed by atoms with Crippen molar-refractivity contribution in [1.82, 2.24) is 5.32 Å². The van der Waals surface area contributed by atoms with Crippen LogP contribution in [0.15, 0.2) is 39.5 Å². The van der Waals surface area contributed by atoms with Crippen molar-refractivity contribution in [2.24, 2.45) is 0 Å². The lowest BCUT2D eigenvalue weighted by Gasteiger charge is -2.27. The van der Waals surface area contributed by atoms with Crippen LogP contribution in [0.4, 0.5) is 0 Å². The summed E-state index contributed by atoms with van der Waals surface area (Å²) >= 11 is 0. The van der Waals surface area contributed by atoms with Crippen LogP contribution >= 0.6 is 0 Å². The zero-order chi connectivity index (χ0) is 16.9. The molecule has 2 N–H and O–H groups in total. The number of nitrogens with one attached hydrogen (secondary N) is 1. The molecule has 0 fully saturated rings. The maximum absolute atomic E-state index is 12.3. The third-order valence-corrected chi connectivity index (χ3v) is 3.89. The number of amides is 1. The van der Waals surface area contributed by atoms with Gasteiger partial charge in [-0.2, -0.15) is 0 Å². The molecule has 2 rings (SSSR count). The van der Waals surface area contributed by atoms with Gasteiger partial charge in [-0.25, -0.2) is 4.79 Å². The first kappa shape index (κ1) is 17.2. The normalized spacial score (nSPS) is 11.6. The highest BCUT2D eigenvalue weighted by molar-refractivity contribution is 5.96. The van der Waals surface area contributed by atoms with Crippen molar-refractivity contribution in [3.8, 4) is 0 Å². The van der Waals surface area contributed by atoms with E-state index in [1.165, 1.54) is 6.07 Å². The minimum absolute atomic E-state index is 0.0425. The van der Waals surface area contributed by atoms with E-state index in [1.807, 2.05) is 19.9 Å². The molecule has 0 bridgehead atoms. The van der Waals surface area contributed by atoms with Crippen LogP contribution in [0.25, 0.3) is 11.0 Å². The van der Waals surface area contributed by atoms with E-state index in [2.05, 4.69) is 5.32 Å². The molecule has 1 aromatic heterocycles. The second-order valence-corrected chi connectivity index (χ2v) is 5.89. The van der Waals surface area contributed by atoms with Crippen molar-refractivity contribution in [1.29, 1.82) is 0 Å². The molecule has 23 heavy (non-hydrogen) atoms. The lowest BCUT2D eigenvalue weighted by Crippen LogP contribution is -2.43. The van der Waals surface area contributed by atoms with Crippen molar-refractivity contribution in [2.75, 3.05) is 6.54 Å². The molecule has 0 aliphatic carbocycles. The molecule has 1 heterocycles. The van der Waals surface area contributed by atoms with Crippen LogP contribution in [0.5, 0.6) is 0 Å². The lowest BCUT2D eigenvalue weighted by atomic mass is 9.92. The van der Waals surface area contributed by atoms with E-state index in [-0.39, 0.29) is 12.1 Å². The van der Waals surface area contributed by atoms with E-state index in [9.17, 15) is 14.7 Å². The Balaban J connectivity index is 2.17. The highest BCUT2D eigenvalue weighted by atomic mass is 16.4. The number of para-hydroxylation sites is 1. The fourth-order valence-corrected chi connectivity index (χ4v) is 2.79. The predicted octanol–water partition coefficient (Wildman–Crippen LogP) is 2.85. The third kappa shape index (κ3) is 4.20. The van der Waals surface area contributed by atoms with Gasteiger partial charge in [-0.3, -0.25) is 4.79 Å². The highest BCUT2D eigenvalue weighted by Gasteiger charge is 2.26. The van der Waals surface area contributed by atoms with Gasteiger partial charge in [0.05, 0.1) is 5.60 Å². The van der Waals surface area contributed by atoms with Crippen LogP contribution in [0.1, 0.15) is 49.9 Å². The van der Waals surface area contributed by atoms with Gasteiger partial charge < -0.3 is 14.8 Å². The molecule has 2 aromatic rings. The predicted molar refractivity (Wildman–Crippen MR) is 89.6 cm³/mol. The molecular weight excluding hydrogens is 294 g/mol. The molecule has 5 nitrogen and oxygen atoms in total. The van der Waals surface area contributed by atoms with E-state index in [4.69, 9.17) is 4.42 Å². The van der Waals surface area contributed by atoms with Gasteiger partial charge in [0.1, 0.15) is 11.1 Å². The topological polar surface area (TPSA) is 79.5 Å². The summed E-state index contributed by atoms with van der Waals surface area (Å²) in [7, 11) is 0. The Morgan fingerprint density at radius 2 is 1.87 bits per heavy atom. The number of rotatable bonds is 7. The van der Waals surface area contributed by atoms with Crippen LogP contribution in [0.3, 0.4) is 0 Å². The molecule has 1 aromatic carbocycles. The van der Waals surface area contributed by atoms with Crippen LogP contribution in [0.2, 0.25) is 0 Å². The van der Waals surface area contributed by atoms with Crippen molar-refractivity contribution in [3.05, 3.63) is 46.3 Å². The number of carbonyl (C=O) groups excluding carboxylic acids is 1.